The summed E-state index contributed by atoms with van der Waals surface area (Å²) < 4.78 is 0. The van der Waals surface area contributed by atoms with E-state index in [2.05, 4.69) is 63.9 Å². The van der Waals surface area contributed by atoms with Crippen LogP contribution in [0.25, 0.3) is 0 Å². The summed E-state index contributed by atoms with van der Waals surface area (Å²) in [6.45, 7) is 16.4. The van der Waals surface area contributed by atoms with Crippen molar-refractivity contribution >= 4 is 17.1 Å². The van der Waals surface area contributed by atoms with Crippen LogP contribution in [0.3, 0.4) is 0 Å². The summed E-state index contributed by atoms with van der Waals surface area (Å²) in [5.74, 6) is 0.249. The highest BCUT2D eigenvalue weighted by Gasteiger charge is 2.04. The largest absolute Gasteiger partial charge is 0.294 e. The Morgan fingerprint density at radius 1 is 0.875 bits per heavy atom. The molecule has 0 amide bonds. The van der Waals surface area contributed by atoms with Gasteiger partial charge in [0.2, 0.25) is 0 Å². The number of hydrogen-bond donors (Lipinski definition) is 0. The minimum atomic E-state index is 0.249. The van der Waals surface area contributed by atoms with E-state index in [1.807, 2.05) is 43.4 Å². The van der Waals surface area contributed by atoms with Crippen LogP contribution < -0.4 is 0 Å². The number of rotatable bonds is 12. The van der Waals surface area contributed by atoms with E-state index < -0.39 is 0 Å². The summed E-state index contributed by atoms with van der Waals surface area (Å²) in [5.41, 5.74) is 2.19. The second-order valence-corrected chi connectivity index (χ2v) is 8.68. The Morgan fingerprint density at radius 3 is 2.03 bits per heavy atom. The molecular formula is C30H50OS. The molecule has 2 heteroatoms. The van der Waals surface area contributed by atoms with Gasteiger partial charge >= 0.3 is 0 Å². The Kier molecular flexibility index (Phi) is 26.0. The Balaban J connectivity index is 0. The average Bonchev–Trinajstić information content (AvgIpc) is 3.33. The SMILES string of the molecule is C=CCCCC(=O)c1ccc(CCCCCC)cc1.CC.CCC.CCCc1cccs1. The highest BCUT2D eigenvalue weighted by Crippen LogP contribution is 2.12. The van der Waals surface area contributed by atoms with Crippen molar-refractivity contribution in [1.82, 2.24) is 0 Å². The van der Waals surface area contributed by atoms with Crippen molar-refractivity contribution < 1.29 is 4.79 Å². The quantitative estimate of drug-likeness (QED) is 0.175. The van der Waals surface area contributed by atoms with Crippen molar-refractivity contribution in [1.29, 1.82) is 0 Å². The monoisotopic (exact) mass is 458 g/mol. The van der Waals surface area contributed by atoms with Crippen LogP contribution in [0.1, 0.15) is 120 Å². The van der Waals surface area contributed by atoms with Gasteiger partial charge in [0.25, 0.3) is 0 Å². The van der Waals surface area contributed by atoms with Crippen molar-refractivity contribution in [3.05, 3.63) is 70.4 Å². The van der Waals surface area contributed by atoms with Crippen molar-refractivity contribution in [3.8, 4) is 0 Å². The van der Waals surface area contributed by atoms with Gasteiger partial charge in [0.05, 0.1) is 0 Å². The van der Waals surface area contributed by atoms with Gasteiger partial charge < -0.3 is 0 Å². The van der Waals surface area contributed by atoms with E-state index in [0.29, 0.717) is 6.42 Å². The molecule has 0 aliphatic rings. The number of aryl methyl sites for hydroxylation is 2. The van der Waals surface area contributed by atoms with Crippen molar-refractivity contribution in [3.63, 3.8) is 0 Å². The smallest absolute Gasteiger partial charge is 0.162 e. The first kappa shape index (κ1) is 32.5. The normalized spacial score (nSPS) is 9.31. The molecule has 182 valence electrons. The van der Waals surface area contributed by atoms with E-state index in [1.54, 1.807) is 0 Å². The molecule has 0 aliphatic carbocycles. The minimum Gasteiger partial charge on any atom is -0.294 e. The first-order valence-electron chi connectivity index (χ1n) is 12.9. The lowest BCUT2D eigenvalue weighted by molar-refractivity contribution is 0.0980. The summed E-state index contributed by atoms with van der Waals surface area (Å²) in [6.07, 6.45) is 14.4. The number of carbonyl (C=O) groups is 1. The predicted molar refractivity (Wildman–Crippen MR) is 148 cm³/mol. The van der Waals surface area contributed by atoms with Crippen LogP contribution in [0.15, 0.2) is 54.4 Å². The maximum atomic E-state index is 11.9. The molecule has 0 spiro atoms. The molecule has 0 atom stereocenters. The van der Waals surface area contributed by atoms with Crippen LogP contribution in [-0.4, -0.2) is 5.78 Å². The van der Waals surface area contributed by atoms with Crippen LogP contribution >= 0.6 is 11.3 Å². The van der Waals surface area contributed by atoms with E-state index in [0.717, 1.165) is 24.8 Å². The van der Waals surface area contributed by atoms with Gasteiger partial charge in [-0.05, 0) is 49.1 Å². The number of carbonyl (C=O) groups excluding carboxylic acids is 1. The molecule has 1 aromatic carbocycles. The first-order chi connectivity index (χ1) is 15.6. The molecule has 1 aromatic heterocycles. The van der Waals surface area contributed by atoms with Gasteiger partial charge in [0.15, 0.2) is 5.78 Å². The molecule has 1 nitrogen and oxygen atoms in total. The molecule has 2 rings (SSSR count). The number of Topliss-reactive ketones (excluding diaryl/α,β-unsaturated/α-hetero) is 1. The number of benzene rings is 1. The van der Waals surface area contributed by atoms with Crippen LogP contribution in [0.4, 0.5) is 0 Å². The van der Waals surface area contributed by atoms with Gasteiger partial charge in [-0.1, -0.05) is 110 Å². The predicted octanol–water partition coefficient (Wildman–Crippen LogP) is 10.5. The van der Waals surface area contributed by atoms with Crippen molar-refractivity contribution in [2.24, 2.45) is 0 Å². The van der Waals surface area contributed by atoms with Gasteiger partial charge in [-0.25, -0.2) is 0 Å². The second-order valence-electron chi connectivity index (χ2n) is 7.65. The Labute approximate surface area is 204 Å². The van der Waals surface area contributed by atoms with Gasteiger partial charge in [0, 0.05) is 16.9 Å². The first-order valence-corrected chi connectivity index (χ1v) is 13.8. The van der Waals surface area contributed by atoms with E-state index in [9.17, 15) is 4.79 Å². The van der Waals surface area contributed by atoms with Crippen LogP contribution in [-0.2, 0) is 12.8 Å². The number of unbranched alkanes of at least 4 members (excludes halogenated alkanes) is 4. The fraction of sp³-hybridized carbons (Fsp3) is 0.567. The lowest BCUT2D eigenvalue weighted by Gasteiger charge is -2.04. The van der Waals surface area contributed by atoms with E-state index in [4.69, 9.17) is 0 Å². The second kappa shape index (κ2) is 25.6. The van der Waals surface area contributed by atoms with Gasteiger partial charge in [0.1, 0.15) is 0 Å². The third-order valence-electron chi connectivity index (χ3n) is 4.48. The summed E-state index contributed by atoms with van der Waals surface area (Å²) >= 11 is 1.85. The highest BCUT2D eigenvalue weighted by atomic mass is 32.1. The van der Waals surface area contributed by atoms with Gasteiger partial charge in [-0.15, -0.1) is 17.9 Å². The Bertz CT molecular complexity index is 625. The summed E-state index contributed by atoms with van der Waals surface area (Å²) in [6, 6.07) is 12.5. The molecule has 0 saturated heterocycles. The van der Waals surface area contributed by atoms with Gasteiger partial charge in [-0.3, -0.25) is 4.79 Å². The molecule has 0 bridgehead atoms. The Morgan fingerprint density at radius 2 is 1.53 bits per heavy atom. The summed E-state index contributed by atoms with van der Waals surface area (Å²) in [5, 5.41) is 2.13. The molecule has 2 aromatic rings. The zero-order valence-electron chi connectivity index (χ0n) is 21.9. The van der Waals surface area contributed by atoms with E-state index in [1.165, 1.54) is 55.4 Å². The molecular weight excluding hydrogens is 408 g/mol. The molecule has 32 heavy (non-hydrogen) atoms. The number of thiophene rings is 1. The lowest BCUT2D eigenvalue weighted by Crippen LogP contribution is -1.99. The molecule has 1 heterocycles. The minimum absolute atomic E-state index is 0.249. The zero-order valence-corrected chi connectivity index (χ0v) is 22.7. The van der Waals surface area contributed by atoms with Crippen molar-refractivity contribution in [2.75, 3.05) is 0 Å². The standard InChI is InChI=1S/C18H26O.C7H10S.C3H8.C2H6/c1-3-5-7-9-10-16-12-14-17(15-13-16)18(19)11-8-6-4-2;1-2-4-7-5-3-6-8-7;1-3-2;1-2/h4,12-15H,2-3,5-11H2,1H3;3,5-6H,2,4H2,1H3;3H2,1-2H3;1-2H3. The van der Waals surface area contributed by atoms with Crippen LogP contribution in [0.5, 0.6) is 0 Å². The van der Waals surface area contributed by atoms with Gasteiger partial charge in [-0.2, -0.15) is 0 Å². The maximum Gasteiger partial charge on any atom is 0.162 e. The fourth-order valence-electron chi connectivity index (χ4n) is 2.87. The van der Waals surface area contributed by atoms with E-state index in [-0.39, 0.29) is 5.78 Å². The van der Waals surface area contributed by atoms with Crippen molar-refractivity contribution in [2.45, 2.75) is 112 Å². The lowest BCUT2D eigenvalue weighted by atomic mass is 10.0. The van der Waals surface area contributed by atoms with Crippen LogP contribution in [0.2, 0.25) is 0 Å². The third-order valence-corrected chi connectivity index (χ3v) is 5.42. The topological polar surface area (TPSA) is 17.1 Å². The van der Waals surface area contributed by atoms with E-state index >= 15 is 0 Å². The average molecular weight is 459 g/mol. The number of allylic oxidation sites excluding steroid dienone is 1. The molecule has 0 saturated carbocycles. The van der Waals surface area contributed by atoms with Crippen LogP contribution in [0, 0.1) is 0 Å². The molecule has 0 radical (unpaired) electrons. The number of hydrogen-bond acceptors (Lipinski definition) is 2. The molecule has 0 unspecified atom stereocenters. The molecule has 0 aliphatic heterocycles. The molecule has 0 fully saturated rings. The maximum absolute atomic E-state index is 11.9. The summed E-state index contributed by atoms with van der Waals surface area (Å²) in [4.78, 5) is 13.4. The zero-order chi connectivity index (χ0) is 24.5. The number of ketones is 1. The fourth-order valence-corrected chi connectivity index (χ4v) is 3.68. The highest BCUT2D eigenvalue weighted by molar-refractivity contribution is 7.09. The molecule has 0 N–H and O–H groups in total. The summed E-state index contributed by atoms with van der Waals surface area (Å²) in [7, 11) is 0. The Hall–Kier alpha value is -1.67. The third kappa shape index (κ3) is 19.0.